The highest BCUT2D eigenvalue weighted by atomic mass is 32.2. The monoisotopic (exact) mass is 333 g/mol. The number of carbonyl (C=O) groups excluding carboxylic acids is 2. The number of nitro groups is 1. The van der Waals surface area contributed by atoms with Crippen molar-refractivity contribution in [1.29, 1.82) is 0 Å². The van der Waals surface area contributed by atoms with E-state index in [9.17, 15) is 19.7 Å². The lowest BCUT2D eigenvalue weighted by atomic mass is 10.2. The molecular weight excluding hydrogens is 322 g/mol. The van der Waals surface area contributed by atoms with Gasteiger partial charge in [-0.05, 0) is 17.7 Å². The SMILES string of the molecule is O=C(SCc1ccccc1)SC(=O)c1ccc([N+](=O)[O-])cc1. The first-order valence-electron chi connectivity index (χ1n) is 6.23. The van der Waals surface area contributed by atoms with Gasteiger partial charge in [0.15, 0.2) is 0 Å². The Morgan fingerprint density at radius 3 is 2.23 bits per heavy atom. The van der Waals surface area contributed by atoms with Crippen molar-refractivity contribution >= 4 is 38.8 Å². The smallest absolute Gasteiger partial charge is 0.269 e. The van der Waals surface area contributed by atoms with Gasteiger partial charge in [-0.2, -0.15) is 0 Å². The molecule has 0 N–H and O–H groups in total. The molecule has 2 aromatic carbocycles. The van der Waals surface area contributed by atoms with Gasteiger partial charge in [-0.1, -0.05) is 42.1 Å². The van der Waals surface area contributed by atoms with Gasteiger partial charge < -0.3 is 0 Å². The normalized spacial score (nSPS) is 10.2. The standard InChI is InChI=1S/C15H11NO4S2/c17-14(12-6-8-13(9-7-12)16(19)20)22-15(18)21-10-11-4-2-1-3-5-11/h1-9H,10H2. The van der Waals surface area contributed by atoms with Crippen LogP contribution in [0.2, 0.25) is 0 Å². The van der Waals surface area contributed by atoms with Crippen molar-refractivity contribution in [3.63, 3.8) is 0 Å². The summed E-state index contributed by atoms with van der Waals surface area (Å²) in [5.74, 6) is 0.500. The number of carbonyl (C=O) groups is 2. The van der Waals surface area contributed by atoms with Crippen molar-refractivity contribution in [3.8, 4) is 0 Å². The summed E-state index contributed by atoms with van der Waals surface area (Å²) in [5.41, 5.74) is 1.18. The van der Waals surface area contributed by atoms with E-state index in [1.54, 1.807) is 0 Å². The molecule has 0 heterocycles. The first kappa shape index (κ1) is 16.3. The van der Waals surface area contributed by atoms with Crippen LogP contribution in [0.4, 0.5) is 10.5 Å². The molecule has 5 nitrogen and oxygen atoms in total. The van der Waals surface area contributed by atoms with Crippen LogP contribution in [-0.4, -0.2) is 14.5 Å². The van der Waals surface area contributed by atoms with Gasteiger partial charge in [0.1, 0.15) is 0 Å². The predicted molar refractivity (Wildman–Crippen MR) is 88.2 cm³/mol. The van der Waals surface area contributed by atoms with E-state index >= 15 is 0 Å². The molecule has 0 radical (unpaired) electrons. The maximum Gasteiger partial charge on any atom is 0.269 e. The fraction of sp³-hybridized carbons (Fsp3) is 0.0667. The number of hydrogen-bond acceptors (Lipinski definition) is 6. The molecule has 0 aliphatic heterocycles. The molecule has 0 saturated carbocycles. The molecule has 0 aliphatic carbocycles. The van der Waals surface area contributed by atoms with Crippen LogP contribution in [0.25, 0.3) is 0 Å². The van der Waals surface area contributed by atoms with E-state index in [1.807, 2.05) is 30.3 Å². The van der Waals surface area contributed by atoms with E-state index in [1.165, 1.54) is 24.3 Å². The van der Waals surface area contributed by atoms with Crippen LogP contribution in [0.15, 0.2) is 54.6 Å². The number of rotatable bonds is 4. The second-order valence-corrected chi connectivity index (χ2v) is 6.37. The minimum atomic E-state index is -0.539. The molecule has 0 atom stereocenters. The first-order chi connectivity index (χ1) is 10.6. The largest absolute Gasteiger partial charge is 0.281 e. The van der Waals surface area contributed by atoms with Gasteiger partial charge in [0, 0.05) is 35.2 Å². The average molecular weight is 333 g/mol. The molecule has 0 bridgehead atoms. The van der Waals surface area contributed by atoms with E-state index in [-0.39, 0.29) is 15.7 Å². The summed E-state index contributed by atoms with van der Waals surface area (Å²) in [6.45, 7) is 0. The maximum absolute atomic E-state index is 11.9. The van der Waals surface area contributed by atoms with Gasteiger partial charge >= 0.3 is 0 Å². The molecule has 112 valence electrons. The predicted octanol–water partition coefficient (Wildman–Crippen LogP) is 4.52. The second kappa shape index (κ2) is 7.77. The molecule has 7 heteroatoms. The molecular formula is C15H11NO4S2. The minimum absolute atomic E-state index is 0.0914. The van der Waals surface area contributed by atoms with Crippen LogP contribution < -0.4 is 0 Å². The number of hydrogen-bond donors (Lipinski definition) is 0. The number of benzene rings is 2. The third kappa shape index (κ3) is 4.71. The lowest BCUT2D eigenvalue weighted by Gasteiger charge is -2.01. The molecule has 0 amide bonds. The third-order valence-electron chi connectivity index (χ3n) is 2.69. The fourth-order valence-electron chi connectivity index (χ4n) is 1.60. The average Bonchev–Trinajstić information content (AvgIpc) is 2.54. The molecule has 0 aliphatic rings. The fourth-order valence-corrected chi connectivity index (χ4v) is 3.12. The lowest BCUT2D eigenvalue weighted by molar-refractivity contribution is -0.384. The Bertz CT molecular complexity index is 686. The minimum Gasteiger partial charge on any atom is -0.281 e. The van der Waals surface area contributed by atoms with Crippen molar-refractivity contribution in [3.05, 3.63) is 75.8 Å². The van der Waals surface area contributed by atoms with Crippen molar-refractivity contribution < 1.29 is 14.5 Å². The van der Waals surface area contributed by atoms with E-state index in [2.05, 4.69) is 0 Å². The Balaban J connectivity index is 1.88. The van der Waals surface area contributed by atoms with Crippen molar-refractivity contribution in [2.45, 2.75) is 5.75 Å². The second-order valence-electron chi connectivity index (χ2n) is 4.22. The summed E-state index contributed by atoms with van der Waals surface area (Å²) in [7, 11) is 0. The van der Waals surface area contributed by atoms with Crippen molar-refractivity contribution in [2.24, 2.45) is 0 Å². The van der Waals surface area contributed by atoms with E-state index in [0.717, 1.165) is 17.3 Å². The van der Waals surface area contributed by atoms with Gasteiger partial charge in [-0.25, -0.2) is 0 Å². The maximum atomic E-state index is 11.9. The highest BCUT2D eigenvalue weighted by molar-refractivity contribution is 8.44. The number of non-ortho nitro benzene ring substituents is 1. The van der Waals surface area contributed by atoms with Gasteiger partial charge in [-0.15, -0.1) is 0 Å². The Kier molecular flexibility index (Phi) is 5.74. The lowest BCUT2D eigenvalue weighted by Crippen LogP contribution is -1.97. The van der Waals surface area contributed by atoms with Crippen LogP contribution in [0.1, 0.15) is 15.9 Å². The highest BCUT2D eigenvalue weighted by Crippen LogP contribution is 2.25. The number of nitrogens with zero attached hydrogens (tertiary/aromatic N) is 1. The third-order valence-corrected chi connectivity index (χ3v) is 4.59. The van der Waals surface area contributed by atoms with Crippen LogP contribution in [0.5, 0.6) is 0 Å². The van der Waals surface area contributed by atoms with Gasteiger partial charge in [-0.3, -0.25) is 19.7 Å². The highest BCUT2D eigenvalue weighted by Gasteiger charge is 2.15. The Morgan fingerprint density at radius 1 is 1.00 bits per heavy atom. The zero-order valence-corrected chi connectivity index (χ0v) is 12.9. The molecule has 2 aromatic rings. The van der Waals surface area contributed by atoms with Gasteiger partial charge in [0.2, 0.25) is 5.12 Å². The van der Waals surface area contributed by atoms with Crippen LogP contribution in [-0.2, 0) is 5.75 Å². The molecule has 0 saturated heterocycles. The number of nitro benzene ring substituents is 1. The van der Waals surface area contributed by atoms with Crippen LogP contribution >= 0.6 is 23.5 Å². The molecule has 0 unspecified atom stereocenters. The topological polar surface area (TPSA) is 77.3 Å². The first-order valence-corrected chi connectivity index (χ1v) is 8.04. The van der Waals surface area contributed by atoms with E-state index in [0.29, 0.717) is 17.5 Å². The van der Waals surface area contributed by atoms with Crippen molar-refractivity contribution in [1.82, 2.24) is 0 Å². The van der Waals surface area contributed by atoms with E-state index in [4.69, 9.17) is 0 Å². The summed E-state index contributed by atoms with van der Waals surface area (Å²) >= 11 is 1.66. The number of thioether (sulfide) groups is 2. The summed E-state index contributed by atoms with van der Waals surface area (Å²) in [6.07, 6.45) is 0. The molecule has 2 rings (SSSR count). The molecule has 0 spiro atoms. The van der Waals surface area contributed by atoms with Crippen molar-refractivity contribution in [2.75, 3.05) is 0 Å². The summed E-state index contributed by atoms with van der Waals surface area (Å²) in [5, 5.41) is 10.1. The van der Waals surface area contributed by atoms with Gasteiger partial charge in [0.05, 0.1) is 4.92 Å². The zero-order valence-electron chi connectivity index (χ0n) is 11.3. The quantitative estimate of drug-likeness (QED) is 0.604. The summed E-state index contributed by atoms with van der Waals surface area (Å²) < 4.78 is -0.299. The summed E-state index contributed by atoms with van der Waals surface area (Å²) in [4.78, 5) is 33.7. The van der Waals surface area contributed by atoms with E-state index < -0.39 is 10.0 Å². The molecule has 0 aromatic heterocycles. The Hall–Kier alpha value is -2.12. The zero-order chi connectivity index (χ0) is 15.9. The molecule has 0 fully saturated rings. The Labute approximate surface area is 135 Å². The Morgan fingerprint density at radius 2 is 1.64 bits per heavy atom. The summed E-state index contributed by atoms with van der Waals surface area (Å²) in [6, 6.07) is 14.7. The van der Waals surface area contributed by atoms with Gasteiger partial charge in [0.25, 0.3) is 10.1 Å². The van der Waals surface area contributed by atoms with Crippen LogP contribution in [0, 0.1) is 10.1 Å². The molecule has 22 heavy (non-hydrogen) atoms. The van der Waals surface area contributed by atoms with Crippen LogP contribution in [0.3, 0.4) is 0 Å².